The van der Waals surface area contributed by atoms with Crippen LogP contribution in [0.2, 0.25) is 0 Å². The molecule has 26 heavy (non-hydrogen) atoms. The molecule has 1 aromatic heterocycles. The molecule has 0 radical (unpaired) electrons. The SMILES string of the molecule is CC(NC(=O)CNC(=O)c1cccs1)c1ccc(-c2ccccc2)cc1. The zero-order chi connectivity index (χ0) is 18.4. The van der Waals surface area contributed by atoms with Crippen LogP contribution in [0.1, 0.15) is 28.2 Å². The summed E-state index contributed by atoms with van der Waals surface area (Å²) in [4.78, 5) is 24.5. The molecule has 0 saturated carbocycles. The first-order valence-corrected chi connectivity index (χ1v) is 9.28. The van der Waals surface area contributed by atoms with E-state index in [1.165, 1.54) is 11.3 Å². The van der Waals surface area contributed by atoms with Gasteiger partial charge < -0.3 is 10.6 Å². The molecular weight excluding hydrogens is 344 g/mol. The third-order valence-electron chi connectivity index (χ3n) is 4.05. The fourth-order valence-electron chi connectivity index (χ4n) is 2.63. The maximum Gasteiger partial charge on any atom is 0.261 e. The molecule has 1 unspecified atom stereocenters. The van der Waals surface area contributed by atoms with Crippen molar-refractivity contribution >= 4 is 23.2 Å². The first kappa shape index (κ1) is 17.9. The second-order valence-corrected chi connectivity index (χ2v) is 6.88. The van der Waals surface area contributed by atoms with Crippen molar-refractivity contribution < 1.29 is 9.59 Å². The average molecular weight is 364 g/mol. The predicted molar refractivity (Wildman–Crippen MR) is 105 cm³/mol. The summed E-state index contributed by atoms with van der Waals surface area (Å²) < 4.78 is 0. The van der Waals surface area contributed by atoms with Crippen LogP contribution < -0.4 is 10.6 Å². The van der Waals surface area contributed by atoms with Gasteiger partial charge in [0, 0.05) is 0 Å². The molecule has 1 atom stereocenters. The van der Waals surface area contributed by atoms with E-state index in [0.29, 0.717) is 4.88 Å². The summed E-state index contributed by atoms with van der Waals surface area (Å²) in [6.07, 6.45) is 0. The second-order valence-electron chi connectivity index (χ2n) is 5.94. The monoisotopic (exact) mass is 364 g/mol. The van der Waals surface area contributed by atoms with E-state index < -0.39 is 0 Å². The highest BCUT2D eigenvalue weighted by Gasteiger charge is 2.12. The lowest BCUT2D eigenvalue weighted by Gasteiger charge is -2.15. The molecule has 0 bridgehead atoms. The molecule has 0 aliphatic heterocycles. The minimum Gasteiger partial charge on any atom is -0.348 e. The van der Waals surface area contributed by atoms with Crippen LogP contribution in [0, 0.1) is 0 Å². The van der Waals surface area contributed by atoms with Gasteiger partial charge in [0.15, 0.2) is 0 Å². The van der Waals surface area contributed by atoms with Crippen molar-refractivity contribution in [1.29, 1.82) is 0 Å². The van der Waals surface area contributed by atoms with Gasteiger partial charge in [-0.25, -0.2) is 0 Å². The summed E-state index contributed by atoms with van der Waals surface area (Å²) in [6.45, 7) is 1.89. The molecule has 4 nitrogen and oxygen atoms in total. The zero-order valence-corrected chi connectivity index (χ0v) is 15.3. The topological polar surface area (TPSA) is 58.2 Å². The van der Waals surface area contributed by atoms with Gasteiger partial charge in [-0.05, 0) is 35.1 Å². The predicted octanol–water partition coefficient (Wildman–Crippen LogP) is 4.02. The van der Waals surface area contributed by atoms with E-state index in [-0.39, 0.29) is 24.4 Å². The molecule has 132 valence electrons. The van der Waals surface area contributed by atoms with Crippen LogP contribution in [0.4, 0.5) is 0 Å². The zero-order valence-electron chi connectivity index (χ0n) is 14.4. The van der Waals surface area contributed by atoms with Crippen LogP contribution in [0.3, 0.4) is 0 Å². The van der Waals surface area contributed by atoms with Crippen LogP contribution in [0.25, 0.3) is 11.1 Å². The number of amides is 2. The highest BCUT2D eigenvalue weighted by Crippen LogP contribution is 2.21. The summed E-state index contributed by atoms with van der Waals surface area (Å²) in [6, 6.07) is 21.7. The smallest absolute Gasteiger partial charge is 0.261 e. The van der Waals surface area contributed by atoms with Crippen molar-refractivity contribution in [2.24, 2.45) is 0 Å². The van der Waals surface area contributed by atoms with Crippen LogP contribution in [0.5, 0.6) is 0 Å². The lowest BCUT2D eigenvalue weighted by atomic mass is 10.0. The average Bonchev–Trinajstić information content (AvgIpc) is 3.22. The Labute approximate surface area is 156 Å². The molecule has 0 saturated heterocycles. The van der Waals surface area contributed by atoms with Crippen molar-refractivity contribution in [2.75, 3.05) is 6.54 Å². The van der Waals surface area contributed by atoms with Crippen LogP contribution in [-0.4, -0.2) is 18.4 Å². The highest BCUT2D eigenvalue weighted by molar-refractivity contribution is 7.12. The van der Waals surface area contributed by atoms with Gasteiger partial charge in [-0.1, -0.05) is 60.7 Å². The molecule has 2 amide bonds. The van der Waals surface area contributed by atoms with E-state index in [2.05, 4.69) is 22.8 Å². The number of benzene rings is 2. The van der Waals surface area contributed by atoms with Crippen molar-refractivity contribution in [3.8, 4) is 11.1 Å². The normalized spacial score (nSPS) is 11.6. The molecule has 0 spiro atoms. The summed E-state index contributed by atoms with van der Waals surface area (Å²) in [7, 11) is 0. The molecule has 0 aliphatic carbocycles. The fraction of sp³-hybridized carbons (Fsp3) is 0.143. The number of hydrogen-bond donors (Lipinski definition) is 2. The van der Waals surface area contributed by atoms with Gasteiger partial charge in [-0.3, -0.25) is 9.59 Å². The van der Waals surface area contributed by atoms with E-state index in [9.17, 15) is 9.59 Å². The summed E-state index contributed by atoms with van der Waals surface area (Å²) >= 11 is 1.35. The summed E-state index contributed by atoms with van der Waals surface area (Å²) in [5, 5.41) is 7.37. The molecule has 5 heteroatoms. The van der Waals surface area contributed by atoms with E-state index >= 15 is 0 Å². The van der Waals surface area contributed by atoms with Gasteiger partial charge in [0.1, 0.15) is 0 Å². The molecule has 2 aromatic carbocycles. The standard InChI is InChI=1S/C21H20N2O2S/c1-15(23-20(24)14-22-21(25)19-8-5-13-26-19)16-9-11-18(12-10-16)17-6-3-2-4-7-17/h2-13,15H,14H2,1H3,(H,22,25)(H,23,24). The van der Waals surface area contributed by atoms with Crippen molar-refractivity contribution in [3.05, 3.63) is 82.6 Å². The van der Waals surface area contributed by atoms with Gasteiger partial charge in [0.05, 0.1) is 17.5 Å². The molecular formula is C21H20N2O2S. The number of carbonyl (C=O) groups excluding carboxylic acids is 2. The van der Waals surface area contributed by atoms with Gasteiger partial charge in [0.2, 0.25) is 5.91 Å². The Hall–Kier alpha value is -2.92. The molecule has 0 aliphatic rings. The second kappa shape index (κ2) is 8.45. The Morgan fingerprint density at radius 3 is 2.27 bits per heavy atom. The maximum absolute atomic E-state index is 12.1. The summed E-state index contributed by atoms with van der Waals surface area (Å²) in [5.74, 6) is -0.440. The lowest BCUT2D eigenvalue weighted by molar-refractivity contribution is -0.120. The quantitative estimate of drug-likeness (QED) is 0.694. The molecule has 3 aromatic rings. The van der Waals surface area contributed by atoms with Gasteiger partial charge >= 0.3 is 0 Å². The minimum absolute atomic E-state index is 0.0385. The van der Waals surface area contributed by atoms with Gasteiger partial charge in [-0.15, -0.1) is 11.3 Å². The van der Waals surface area contributed by atoms with E-state index in [4.69, 9.17) is 0 Å². The Balaban J connectivity index is 1.53. The Morgan fingerprint density at radius 1 is 0.923 bits per heavy atom. The van der Waals surface area contributed by atoms with Crippen molar-refractivity contribution in [2.45, 2.75) is 13.0 Å². The Morgan fingerprint density at radius 2 is 1.62 bits per heavy atom. The third kappa shape index (κ3) is 4.58. The van der Waals surface area contributed by atoms with Crippen molar-refractivity contribution in [3.63, 3.8) is 0 Å². The van der Waals surface area contributed by atoms with Gasteiger partial charge in [-0.2, -0.15) is 0 Å². The molecule has 0 fully saturated rings. The van der Waals surface area contributed by atoms with Crippen LogP contribution in [-0.2, 0) is 4.79 Å². The van der Waals surface area contributed by atoms with Crippen LogP contribution >= 0.6 is 11.3 Å². The van der Waals surface area contributed by atoms with E-state index in [1.807, 2.05) is 54.8 Å². The summed E-state index contributed by atoms with van der Waals surface area (Å²) in [5.41, 5.74) is 3.31. The first-order valence-electron chi connectivity index (χ1n) is 8.40. The molecule has 2 N–H and O–H groups in total. The molecule has 3 rings (SSSR count). The highest BCUT2D eigenvalue weighted by atomic mass is 32.1. The first-order chi connectivity index (χ1) is 12.6. The molecule has 1 heterocycles. The number of hydrogen-bond acceptors (Lipinski definition) is 3. The van der Waals surface area contributed by atoms with Gasteiger partial charge in [0.25, 0.3) is 5.91 Å². The number of thiophene rings is 1. The fourth-order valence-corrected chi connectivity index (χ4v) is 3.27. The van der Waals surface area contributed by atoms with E-state index in [1.54, 1.807) is 12.1 Å². The Kier molecular flexibility index (Phi) is 5.81. The Bertz CT molecular complexity index is 859. The van der Waals surface area contributed by atoms with Crippen molar-refractivity contribution in [1.82, 2.24) is 10.6 Å². The largest absolute Gasteiger partial charge is 0.348 e. The lowest BCUT2D eigenvalue weighted by Crippen LogP contribution is -2.37. The minimum atomic E-state index is -0.227. The number of rotatable bonds is 6. The number of nitrogens with one attached hydrogen (secondary N) is 2. The maximum atomic E-state index is 12.1. The van der Waals surface area contributed by atoms with Crippen LogP contribution in [0.15, 0.2) is 72.1 Å². The third-order valence-corrected chi connectivity index (χ3v) is 4.92. The number of carbonyl (C=O) groups is 2. The van der Waals surface area contributed by atoms with E-state index in [0.717, 1.165) is 16.7 Å².